The number of aryl methyl sites for hydroxylation is 1. The zero-order valence-electron chi connectivity index (χ0n) is 9.44. The maximum atomic E-state index is 5.67. The van der Waals surface area contributed by atoms with Crippen LogP contribution in [0.5, 0.6) is 0 Å². The first-order valence-electron chi connectivity index (χ1n) is 5.59. The van der Waals surface area contributed by atoms with Gasteiger partial charge in [0.05, 0.1) is 12.7 Å². The van der Waals surface area contributed by atoms with Crippen molar-refractivity contribution < 1.29 is 0 Å². The number of nitrogens with zero attached hydrogens (tertiary/aromatic N) is 2. The van der Waals surface area contributed by atoms with E-state index in [1.165, 1.54) is 11.1 Å². The Morgan fingerprint density at radius 1 is 1.29 bits per heavy atom. The molecule has 2 nitrogen and oxygen atoms in total. The highest BCUT2D eigenvalue weighted by Crippen LogP contribution is 2.13. The molecule has 0 fully saturated rings. The molecule has 90 valence electrons. The van der Waals surface area contributed by atoms with Gasteiger partial charge in [-0.15, -0.1) is 11.6 Å². The van der Waals surface area contributed by atoms with Crippen molar-refractivity contribution in [2.24, 2.45) is 0 Å². The Morgan fingerprint density at radius 2 is 2.18 bits per heavy atom. The van der Waals surface area contributed by atoms with Crippen LogP contribution in [0.3, 0.4) is 0 Å². The molecule has 1 heterocycles. The lowest BCUT2D eigenvalue weighted by Crippen LogP contribution is -1.99. The van der Waals surface area contributed by atoms with E-state index in [2.05, 4.69) is 39.4 Å². The van der Waals surface area contributed by atoms with Crippen LogP contribution in [0.15, 0.2) is 41.1 Å². The fraction of sp³-hybridized carbons (Fsp3) is 0.308. The van der Waals surface area contributed by atoms with Crippen LogP contribution in [0.2, 0.25) is 0 Å². The van der Waals surface area contributed by atoms with Gasteiger partial charge in [-0.2, -0.15) is 5.10 Å². The summed E-state index contributed by atoms with van der Waals surface area (Å²) in [7, 11) is 0. The summed E-state index contributed by atoms with van der Waals surface area (Å²) in [6, 6.07) is 8.28. The van der Waals surface area contributed by atoms with E-state index >= 15 is 0 Å². The van der Waals surface area contributed by atoms with Crippen LogP contribution in [0.4, 0.5) is 0 Å². The Labute approximate surface area is 115 Å². The van der Waals surface area contributed by atoms with E-state index in [0.717, 1.165) is 23.9 Å². The van der Waals surface area contributed by atoms with Gasteiger partial charge in [0, 0.05) is 16.5 Å². The predicted molar refractivity (Wildman–Crippen MR) is 74.5 cm³/mol. The van der Waals surface area contributed by atoms with Crippen molar-refractivity contribution in [2.45, 2.75) is 19.4 Å². The molecule has 17 heavy (non-hydrogen) atoms. The molecule has 1 aromatic carbocycles. The Hall–Kier alpha value is -0.800. The number of hydrogen-bond donors (Lipinski definition) is 0. The summed E-state index contributed by atoms with van der Waals surface area (Å²) in [6.45, 7) is 0.806. The van der Waals surface area contributed by atoms with E-state index in [9.17, 15) is 0 Å². The Balaban J connectivity index is 2.01. The van der Waals surface area contributed by atoms with Crippen molar-refractivity contribution in [3.63, 3.8) is 0 Å². The second-order valence-electron chi connectivity index (χ2n) is 3.97. The van der Waals surface area contributed by atoms with Gasteiger partial charge in [-0.05, 0) is 36.1 Å². The minimum atomic E-state index is 0.705. The third kappa shape index (κ3) is 3.86. The van der Waals surface area contributed by atoms with Crippen molar-refractivity contribution >= 4 is 27.5 Å². The van der Waals surface area contributed by atoms with Gasteiger partial charge in [0.15, 0.2) is 0 Å². The first kappa shape index (κ1) is 12.7. The molecule has 0 bridgehead atoms. The van der Waals surface area contributed by atoms with Crippen LogP contribution >= 0.6 is 27.5 Å². The molecule has 4 heteroatoms. The van der Waals surface area contributed by atoms with Crippen LogP contribution in [0.1, 0.15) is 17.5 Å². The smallest absolute Gasteiger partial charge is 0.0659 e. The maximum Gasteiger partial charge on any atom is 0.0659 e. The maximum absolute atomic E-state index is 5.67. The van der Waals surface area contributed by atoms with Gasteiger partial charge >= 0.3 is 0 Å². The highest BCUT2D eigenvalue weighted by atomic mass is 79.9. The predicted octanol–water partition coefficient (Wildman–Crippen LogP) is 3.87. The van der Waals surface area contributed by atoms with Crippen LogP contribution < -0.4 is 0 Å². The largest absolute Gasteiger partial charge is 0.268 e. The van der Waals surface area contributed by atoms with E-state index in [1.54, 1.807) is 0 Å². The molecule has 0 amide bonds. The number of halogens is 2. The lowest BCUT2D eigenvalue weighted by atomic mass is 10.2. The quantitative estimate of drug-likeness (QED) is 0.766. The Kier molecular flexibility index (Phi) is 4.63. The SMILES string of the molecule is ClCCCc1cnn(Cc2cccc(Br)c2)c1. The van der Waals surface area contributed by atoms with E-state index in [1.807, 2.05) is 23.0 Å². The van der Waals surface area contributed by atoms with E-state index < -0.39 is 0 Å². The van der Waals surface area contributed by atoms with Gasteiger partial charge in [0.2, 0.25) is 0 Å². The lowest BCUT2D eigenvalue weighted by molar-refractivity contribution is 0.685. The molecule has 0 spiro atoms. The third-order valence-corrected chi connectivity index (χ3v) is 3.28. The van der Waals surface area contributed by atoms with Crippen molar-refractivity contribution in [3.05, 3.63) is 52.3 Å². The summed E-state index contributed by atoms with van der Waals surface area (Å²) < 4.78 is 3.07. The molecule has 0 saturated carbocycles. The molecule has 0 radical (unpaired) electrons. The zero-order valence-corrected chi connectivity index (χ0v) is 11.8. The summed E-state index contributed by atoms with van der Waals surface area (Å²) in [5, 5.41) is 4.35. The molecule has 1 aromatic heterocycles. The van der Waals surface area contributed by atoms with Gasteiger partial charge in [0.1, 0.15) is 0 Å². The molecule has 0 N–H and O–H groups in total. The summed E-state index contributed by atoms with van der Waals surface area (Å²) in [4.78, 5) is 0. The Morgan fingerprint density at radius 3 is 2.94 bits per heavy atom. The summed E-state index contributed by atoms with van der Waals surface area (Å²) in [6.07, 6.45) is 6.02. The molecule has 0 atom stereocenters. The van der Waals surface area contributed by atoms with Gasteiger partial charge in [-0.25, -0.2) is 0 Å². The summed E-state index contributed by atoms with van der Waals surface area (Å²) >= 11 is 9.14. The van der Waals surface area contributed by atoms with Crippen LogP contribution in [-0.4, -0.2) is 15.7 Å². The molecular weight excluding hydrogens is 300 g/mol. The number of benzene rings is 1. The molecule has 0 unspecified atom stereocenters. The first-order chi connectivity index (χ1) is 8.28. The van der Waals surface area contributed by atoms with Crippen LogP contribution in [0.25, 0.3) is 0 Å². The number of rotatable bonds is 5. The lowest BCUT2D eigenvalue weighted by Gasteiger charge is -2.02. The monoisotopic (exact) mass is 312 g/mol. The number of aromatic nitrogens is 2. The molecule has 2 aromatic rings. The normalized spacial score (nSPS) is 10.7. The Bertz CT molecular complexity index is 482. The highest BCUT2D eigenvalue weighted by Gasteiger charge is 2.00. The molecule has 2 rings (SSSR count). The molecular formula is C13H14BrClN2. The van der Waals surface area contributed by atoms with E-state index in [0.29, 0.717) is 5.88 Å². The first-order valence-corrected chi connectivity index (χ1v) is 6.92. The molecule has 0 aliphatic heterocycles. The minimum Gasteiger partial charge on any atom is -0.268 e. The standard InChI is InChI=1S/C13H14BrClN2/c14-13-5-1-3-11(7-13)9-17-10-12(8-16-17)4-2-6-15/h1,3,5,7-8,10H,2,4,6,9H2. The molecule has 0 saturated heterocycles. The average Bonchev–Trinajstić information content (AvgIpc) is 2.74. The van der Waals surface area contributed by atoms with Gasteiger partial charge < -0.3 is 0 Å². The van der Waals surface area contributed by atoms with Crippen LogP contribution in [-0.2, 0) is 13.0 Å². The van der Waals surface area contributed by atoms with Gasteiger partial charge in [-0.3, -0.25) is 4.68 Å². The molecule has 0 aliphatic rings. The average molecular weight is 314 g/mol. The fourth-order valence-corrected chi connectivity index (χ4v) is 2.30. The van der Waals surface area contributed by atoms with Crippen molar-refractivity contribution in [2.75, 3.05) is 5.88 Å². The van der Waals surface area contributed by atoms with Crippen molar-refractivity contribution in [3.8, 4) is 0 Å². The zero-order chi connectivity index (χ0) is 12.1. The van der Waals surface area contributed by atoms with Crippen molar-refractivity contribution in [1.29, 1.82) is 0 Å². The second kappa shape index (κ2) is 6.22. The fourth-order valence-electron chi connectivity index (χ4n) is 1.72. The second-order valence-corrected chi connectivity index (χ2v) is 5.26. The van der Waals surface area contributed by atoms with Gasteiger partial charge in [0.25, 0.3) is 0 Å². The van der Waals surface area contributed by atoms with Crippen LogP contribution in [0, 0.1) is 0 Å². The summed E-state index contributed by atoms with van der Waals surface area (Å²) in [5.74, 6) is 0.705. The number of alkyl halides is 1. The van der Waals surface area contributed by atoms with E-state index in [-0.39, 0.29) is 0 Å². The number of hydrogen-bond acceptors (Lipinski definition) is 1. The molecule has 0 aliphatic carbocycles. The third-order valence-electron chi connectivity index (χ3n) is 2.52. The summed E-state index contributed by atoms with van der Waals surface area (Å²) in [5.41, 5.74) is 2.49. The highest BCUT2D eigenvalue weighted by molar-refractivity contribution is 9.10. The van der Waals surface area contributed by atoms with Crippen molar-refractivity contribution in [1.82, 2.24) is 9.78 Å². The minimum absolute atomic E-state index is 0.705. The topological polar surface area (TPSA) is 17.8 Å². The van der Waals surface area contributed by atoms with E-state index in [4.69, 9.17) is 11.6 Å². The van der Waals surface area contributed by atoms with Gasteiger partial charge in [-0.1, -0.05) is 28.1 Å².